The Bertz CT molecular complexity index is 1410. The Morgan fingerprint density at radius 3 is 2.85 bits per heavy atom. The monoisotopic (exact) mass is 442 g/mol. The zero-order chi connectivity index (χ0) is 22.5. The fourth-order valence-electron chi connectivity index (χ4n) is 4.12. The van der Waals surface area contributed by atoms with Gasteiger partial charge in [0.15, 0.2) is 5.65 Å². The largest absolute Gasteiger partial charge is 0.470 e. The molecule has 0 radical (unpaired) electrons. The van der Waals surface area contributed by atoms with Crippen molar-refractivity contribution in [2.45, 2.75) is 32.4 Å². The molecule has 9 nitrogen and oxygen atoms in total. The Morgan fingerprint density at radius 2 is 2.06 bits per heavy atom. The highest BCUT2D eigenvalue weighted by atomic mass is 16.5. The van der Waals surface area contributed by atoms with E-state index in [4.69, 9.17) is 14.6 Å². The van der Waals surface area contributed by atoms with Crippen LogP contribution in [0.15, 0.2) is 47.8 Å². The molecule has 1 atom stereocenters. The number of hydrogen-bond acceptors (Lipinski definition) is 6. The normalized spacial score (nSPS) is 17.4. The highest BCUT2D eigenvalue weighted by molar-refractivity contribution is 6.13. The van der Waals surface area contributed by atoms with Crippen molar-refractivity contribution in [2.75, 3.05) is 13.2 Å². The lowest BCUT2D eigenvalue weighted by atomic mass is 10.0. The molecule has 2 aliphatic rings. The van der Waals surface area contributed by atoms with Crippen molar-refractivity contribution in [3.63, 3.8) is 0 Å². The number of aromatic nitrogens is 5. The zero-order valence-electron chi connectivity index (χ0n) is 18.3. The predicted octanol–water partition coefficient (Wildman–Crippen LogP) is 3.58. The van der Waals surface area contributed by atoms with Crippen molar-refractivity contribution in [3.05, 3.63) is 54.0 Å². The van der Waals surface area contributed by atoms with Gasteiger partial charge in [-0.2, -0.15) is 5.10 Å². The summed E-state index contributed by atoms with van der Waals surface area (Å²) in [6.07, 6.45) is 7.92. The summed E-state index contributed by atoms with van der Waals surface area (Å²) >= 11 is 0. The van der Waals surface area contributed by atoms with Crippen LogP contribution in [-0.2, 0) is 4.74 Å². The molecule has 0 saturated carbocycles. The van der Waals surface area contributed by atoms with E-state index < -0.39 is 0 Å². The van der Waals surface area contributed by atoms with E-state index in [0.29, 0.717) is 30.3 Å². The van der Waals surface area contributed by atoms with Crippen LogP contribution in [0.1, 0.15) is 42.2 Å². The molecule has 9 heteroatoms. The van der Waals surface area contributed by atoms with Gasteiger partial charge in [0.05, 0.1) is 42.4 Å². The molecule has 0 N–H and O–H groups in total. The second kappa shape index (κ2) is 7.63. The first-order chi connectivity index (χ1) is 16.1. The first-order valence-corrected chi connectivity index (χ1v) is 11.0. The number of fused-ring (bicyclic) bond motifs is 2. The van der Waals surface area contributed by atoms with E-state index in [1.807, 2.05) is 41.3 Å². The highest BCUT2D eigenvalue weighted by Crippen LogP contribution is 2.33. The van der Waals surface area contributed by atoms with Gasteiger partial charge in [-0.15, -0.1) is 5.10 Å². The average molecular weight is 442 g/mol. The summed E-state index contributed by atoms with van der Waals surface area (Å²) in [6, 6.07) is 7.88. The van der Waals surface area contributed by atoms with E-state index in [0.717, 1.165) is 34.4 Å². The molecule has 0 bridgehead atoms. The Balaban J connectivity index is 1.47. The van der Waals surface area contributed by atoms with Gasteiger partial charge in [-0.1, -0.05) is 12.1 Å². The lowest BCUT2D eigenvalue weighted by Gasteiger charge is -2.15. The maximum absolute atomic E-state index is 12.1. The molecule has 166 valence electrons. The number of ether oxygens (including phenoxy) is 2. The first-order valence-electron chi connectivity index (χ1n) is 11.0. The second-order valence-corrected chi connectivity index (χ2v) is 8.55. The Labute approximate surface area is 189 Å². The van der Waals surface area contributed by atoms with Gasteiger partial charge in [-0.3, -0.25) is 9.48 Å². The molecular weight excluding hydrogens is 420 g/mol. The molecule has 0 aliphatic carbocycles. The van der Waals surface area contributed by atoms with Crippen LogP contribution < -0.4 is 4.74 Å². The quantitative estimate of drug-likeness (QED) is 0.469. The Morgan fingerprint density at radius 1 is 1.15 bits per heavy atom. The summed E-state index contributed by atoms with van der Waals surface area (Å²) < 4.78 is 15.4. The lowest BCUT2D eigenvalue weighted by molar-refractivity contribution is 0.101. The van der Waals surface area contributed by atoms with E-state index >= 15 is 0 Å². The summed E-state index contributed by atoms with van der Waals surface area (Å²) in [5.74, 6) is 0.268. The first kappa shape index (κ1) is 19.8. The van der Waals surface area contributed by atoms with Crippen LogP contribution in [0, 0.1) is 0 Å². The van der Waals surface area contributed by atoms with E-state index in [1.54, 1.807) is 16.9 Å². The van der Waals surface area contributed by atoms with Crippen molar-refractivity contribution in [1.82, 2.24) is 24.4 Å². The third kappa shape index (κ3) is 3.41. The fraction of sp³-hybridized carbons (Fsp3) is 0.292. The third-order valence-electron chi connectivity index (χ3n) is 5.97. The van der Waals surface area contributed by atoms with E-state index in [-0.39, 0.29) is 18.1 Å². The van der Waals surface area contributed by atoms with Crippen LogP contribution in [0.2, 0.25) is 0 Å². The summed E-state index contributed by atoms with van der Waals surface area (Å²) in [5.41, 5.74) is 5.43. The molecule has 1 saturated heterocycles. The molecule has 4 aromatic rings. The number of hydrogen-bond donors (Lipinski definition) is 0. The highest BCUT2D eigenvalue weighted by Gasteiger charge is 2.23. The maximum Gasteiger partial charge on any atom is 0.277 e. The number of aliphatic imine (C=N–C) groups is 1. The van der Waals surface area contributed by atoms with Crippen LogP contribution in [0.25, 0.3) is 28.0 Å². The molecule has 33 heavy (non-hydrogen) atoms. The fourth-order valence-corrected chi connectivity index (χ4v) is 4.12. The predicted molar refractivity (Wildman–Crippen MR) is 122 cm³/mol. The standard InChI is InChI=1S/C24H22N6O3/c1-14(2)29-12-17(10-27-29)20-8-22-25-11-21(15-3-4-16-9-26-23(31)19(16)7-15)30(22)28-24(20)33-18-5-6-32-13-18/h3-4,7-12,14,18H,5-6,13H2,1-2H3/t18-/m0/s1. The number of benzene rings is 1. The topological polar surface area (TPSA) is 95.9 Å². The molecule has 0 unspecified atom stereocenters. The van der Waals surface area contributed by atoms with Crippen molar-refractivity contribution >= 4 is 17.8 Å². The molecule has 1 amide bonds. The van der Waals surface area contributed by atoms with Gasteiger partial charge in [-0.05, 0) is 26.0 Å². The van der Waals surface area contributed by atoms with Gasteiger partial charge < -0.3 is 9.47 Å². The van der Waals surface area contributed by atoms with Crippen LogP contribution in [0.3, 0.4) is 0 Å². The van der Waals surface area contributed by atoms with Gasteiger partial charge in [-0.25, -0.2) is 14.5 Å². The lowest BCUT2D eigenvalue weighted by Crippen LogP contribution is -2.18. The van der Waals surface area contributed by atoms with Crippen LogP contribution in [0.5, 0.6) is 5.88 Å². The second-order valence-electron chi connectivity index (χ2n) is 8.55. The van der Waals surface area contributed by atoms with Crippen molar-refractivity contribution < 1.29 is 14.3 Å². The molecule has 5 heterocycles. The number of rotatable bonds is 5. The van der Waals surface area contributed by atoms with Crippen LogP contribution >= 0.6 is 0 Å². The number of amides is 1. The van der Waals surface area contributed by atoms with Gasteiger partial charge in [0.1, 0.15) is 6.10 Å². The number of carbonyl (C=O) groups excluding carboxylic acids is 1. The van der Waals surface area contributed by atoms with Crippen molar-refractivity contribution in [1.29, 1.82) is 0 Å². The molecule has 1 fully saturated rings. The van der Waals surface area contributed by atoms with Crippen LogP contribution in [0.4, 0.5) is 0 Å². The number of carbonyl (C=O) groups is 1. The minimum Gasteiger partial charge on any atom is -0.470 e. The smallest absolute Gasteiger partial charge is 0.277 e. The summed E-state index contributed by atoms with van der Waals surface area (Å²) in [4.78, 5) is 20.5. The summed E-state index contributed by atoms with van der Waals surface area (Å²) in [6.45, 7) is 5.38. The van der Waals surface area contributed by atoms with Gasteiger partial charge in [0.25, 0.3) is 5.91 Å². The molecule has 3 aromatic heterocycles. The van der Waals surface area contributed by atoms with Crippen LogP contribution in [-0.4, -0.2) is 55.8 Å². The molecule has 6 rings (SSSR count). The van der Waals surface area contributed by atoms with Crippen molar-refractivity contribution in [3.8, 4) is 28.3 Å². The number of imidazole rings is 1. The summed E-state index contributed by atoms with van der Waals surface area (Å²) in [7, 11) is 0. The van der Waals surface area contributed by atoms with Gasteiger partial charge in [0.2, 0.25) is 5.88 Å². The third-order valence-corrected chi connectivity index (χ3v) is 5.97. The van der Waals surface area contributed by atoms with E-state index in [9.17, 15) is 4.79 Å². The minimum atomic E-state index is -0.233. The minimum absolute atomic E-state index is 0.0596. The molecule has 1 aromatic carbocycles. The average Bonchev–Trinajstić information content (AvgIpc) is 3.61. The van der Waals surface area contributed by atoms with Gasteiger partial charge >= 0.3 is 0 Å². The molecule has 2 aliphatic heterocycles. The molecule has 0 spiro atoms. The molecular formula is C24H22N6O3. The van der Waals surface area contributed by atoms with Crippen molar-refractivity contribution in [2.24, 2.45) is 4.99 Å². The van der Waals surface area contributed by atoms with E-state index in [2.05, 4.69) is 28.9 Å². The Hall–Kier alpha value is -3.85. The van der Waals surface area contributed by atoms with Gasteiger partial charge in [0, 0.05) is 41.6 Å². The number of nitrogens with zero attached hydrogens (tertiary/aromatic N) is 6. The summed E-state index contributed by atoms with van der Waals surface area (Å²) in [5, 5.41) is 9.32. The zero-order valence-corrected chi connectivity index (χ0v) is 18.3. The maximum atomic E-state index is 12.1. The Kier molecular flexibility index (Phi) is 4.58. The van der Waals surface area contributed by atoms with E-state index in [1.165, 1.54) is 0 Å². The SMILES string of the molecule is CC(C)n1cc(-c2cc3ncc(-c4ccc5c(c4)C(=O)N=C5)n3nc2O[C@H]2CCOC2)cn1.